The van der Waals surface area contributed by atoms with Gasteiger partial charge in [-0.15, -0.1) is 0 Å². The van der Waals surface area contributed by atoms with Crippen LogP contribution < -0.4 is 4.90 Å². The Labute approximate surface area is 88.6 Å². The quantitative estimate of drug-likeness (QED) is 0.700. The van der Waals surface area contributed by atoms with Crippen molar-refractivity contribution in [1.82, 2.24) is 0 Å². The van der Waals surface area contributed by atoms with Crippen molar-refractivity contribution >= 4 is 11.6 Å². The first-order valence-corrected chi connectivity index (χ1v) is 4.94. The van der Waals surface area contributed by atoms with E-state index in [9.17, 15) is 9.90 Å². The van der Waals surface area contributed by atoms with Crippen LogP contribution in [-0.4, -0.2) is 23.7 Å². The van der Waals surface area contributed by atoms with Gasteiger partial charge < -0.3 is 10.0 Å². The van der Waals surface area contributed by atoms with Gasteiger partial charge in [-0.05, 0) is 18.6 Å². The van der Waals surface area contributed by atoms with E-state index in [-0.39, 0.29) is 11.5 Å². The van der Waals surface area contributed by atoms with Crippen molar-refractivity contribution in [1.29, 1.82) is 0 Å². The standard InChI is InChI=1S/C12H13NO2/c1-9-11(14)7-8-13(12(9)15)10-5-3-2-4-6-10/h2-6,11,14H,1,7-8H2/t11-/m0/s1. The third kappa shape index (κ3) is 1.78. The zero-order valence-corrected chi connectivity index (χ0v) is 8.39. The van der Waals surface area contributed by atoms with Gasteiger partial charge in [0.15, 0.2) is 0 Å². The Balaban J connectivity index is 2.25. The van der Waals surface area contributed by atoms with Crippen LogP contribution in [0.1, 0.15) is 6.42 Å². The van der Waals surface area contributed by atoms with Crippen LogP contribution >= 0.6 is 0 Å². The molecular weight excluding hydrogens is 190 g/mol. The van der Waals surface area contributed by atoms with Gasteiger partial charge in [0.05, 0.1) is 6.10 Å². The third-order valence-electron chi connectivity index (χ3n) is 2.62. The number of aliphatic hydroxyl groups excluding tert-OH is 1. The molecule has 3 nitrogen and oxygen atoms in total. The number of anilines is 1. The predicted molar refractivity (Wildman–Crippen MR) is 58.6 cm³/mol. The average molecular weight is 203 g/mol. The molecule has 1 aliphatic rings. The molecule has 0 aromatic heterocycles. The average Bonchev–Trinajstić information content (AvgIpc) is 2.27. The molecular formula is C12H13NO2. The molecule has 1 aromatic carbocycles. The summed E-state index contributed by atoms with van der Waals surface area (Å²) in [7, 11) is 0. The number of hydrogen-bond acceptors (Lipinski definition) is 2. The Morgan fingerprint density at radius 3 is 2.67 bits per heavy atom. The normalized spacial score (nSPS) is 21.9. The molecule has 0 unspecified atom stereocenters. The topological polar surface area (TPSA) is 40.5 Å². The van der Waals surface area contributed by atoms with E-state index in [1.54, 1.807) is 4.90 Å². The summed E-state index contributed by atoms with van der Waals surface area (Å²) in [5.74, 6) is -0.181. The van der Waals surface area contributed by atoms with Crippen molar-refractivity contribution in [3.8, 4) is 0 Å². The summed E-state index contributed by atoms with van der Waals surface area (Å²) < 4.78 is 0. The lowest BCUT2D eigenvalue weighted by molar-refractivity contribution is -0.117. The largest absolute Gasteiger partial charge is 0.388 e. The molecule has 0 bridgehead atoms. The molecule has 78 valence electrons. The Morgan fingerprint density at radius 2 is 2.00 bits per heavy atom. The van der Waals surface area contributed by atoms with Crippen LogP contribution in [0.5, 0.6) is 0 Å². The van der Waals surface area contributed by atoms with E-state index in [0.29, 0.717) is 13.0 Å². The molecule has 1 atom stereocenters. The van der Waals surface area contributed by atoms with Crippen molar-refractivity contribution in [2.75, 3.05) is 11.4 Å². The molecule has 0 aliphatic carbocycles. The van der Waals surface area contributed by atoms with Crippen molar-refractivity contribution in [2.45, 2.75) is 12.5 Å². The highest BCUT2D eigenvalue weighted by molar-refractivity contribution is 6.06. The molecule has 1 heterocycles. The fourth-order valence-electron chi connectivity index (χ4n) is 1.70. The summed E-state index contributed by atoms with van der Waals surface area (Å²) in [4.78, 5) is 13.5. The van der Waals surface area contributed by atoms with Gasteiger partial charge in [-0.25, -0.2) is 0 Å². The summed E-state index contributed by atoms with van der Waals surface area (Å²) in [6.45, 7) is 4.16. The number of rotatable bonds is 1. The fraction of sp³-hybridized carbons (Fsp3) is 0.250. The Hall–Kier alpha value is -1.61. The minimum atomic E-state index is -0.683. The van der Waals surface area contributed by atoms with Crippen LogP contribution in [0.4, 0.5) is 5.69 Å². The van der Waals surface area contributed by atoms with Crippen LogP contribution in [0.2, 0.25) is 0 Å². The van der Waals surface area contributed by atoms with E-state index in [4.69, 9.17) is 0 Å². The number of piperidine rings is 1. The second-order valence-electron chi connectivity index (χ2n) is 3.62. The molecule has 15 heavy (non-hydrogen) atoms. The van der Waals surface area contributed by atoms with Crippen molar-refractivity contribution in [2.24, 2.45) is 0 Å². The second kappa shape index (κ2) is 3.87. The number of para-hydroxylation sites is 1. The summed E-state index contributed by atoms with van der Waals surface area (Å²) in [5, 5.41) is 9.47. The lowest BCUT2D eigenvalue weighted by atomic mass is 10.0. The molecule has 0 radical (unpaired) electrons. The van der Waals surface area contributed by atoms with Crippen LogP contribution in [0.25, 0.3) is 0 Å². The molecule has 0 spiro atoms. The molecule has 3 heteroatoms. The molecule has 1 fully saturated rings. The lowest BCUT2D eigenvalue weighted by Crippen LogP contribution is -2.42. The van der Waals surface area contributed by atoms with Crippen LogP contribution in [-0.2, 0) is 4.79 Å². The number of carbonyl (C=O) groups is 1. The molecule has 1 aliphatic heterocycles. The third-order valence-corrected chi connectivity index (χ3v) is 2.62. The maximum atomic E-state index is 11.8. The maximum absolute atomic E-state index is 11.8. The maximum Gasteiger partial charge on any atom is 0.256 e. The minimum absolute atomic E-state index is 0.181. The van der Waals surface area contributed by atoms with Crippen LogP contribution in [0.15, 0.2) is 42.5 Å². The van der Waals surface area contributed by atoms with Gasteiger partial charge in [-0.1, -0.05) is 24.8 Å². The molecule has 1 aromatic rings. The number of carbonyl (C=O) groups excluding carboxylic acids is 1. The van der Waals surface area contributed by atoms with E-state index >= 15 is 0 Å². The molecule has 1 N–H and O–H groups in total. The molecule has 1 saturated heterocycles. The van der Waals surface area contributed by atoms with Crippen molar-refractivity contribution in [3.63, 3.8) is 0 Å². The Morgan fingerprint density at radius 1 is 1.33 bits per heavy atom. The van der Waals surface area contributed by atoms with Crippen LogP contribution in [0, 0.1) is 0 Å². The summed E-state index contributed by atoms with van der Waals surface area (Å²) in [6, 6.07) is 9.43. The van der Waals surface area contributed by atoms with Gasteiger partial charge >= 0.3 is 0 Å². The van der Waals surface area contributed by atoms with Crippen molar-refractivity contribution in [3.05, 3.63) is 42.5 Å². The summed E-state index contributed by atoms with van der Waals surface area (Å²) in [5.41, 5.74) is 1.14. The van der Waals surface area contributed by atoms with Crippen molar-refractivity contribution < 1.29 is 9.90 Å². The fourth-order valence-corrected chi connectivity index (χ4v) is 1.70. The lowest BCUT2D eigenvalue weighted by Gasteiger charge is -2.30. The number of nitrogens with zero attached hydrogens (tertiary/aromatic N) is 1. The Bertz CT molecular complexity index is 386. The van der Waals surface area contributed by atoms with E-state index < -0.39 is 6.10 Å². The molecule has 0 saturated carbocycles. The Kier molecular flexibility index (Phi) is 2.56. The highest BCUT2D eigenvalue weighted by atomic mass is 16.3. The van der Waals surface area contributed by atoms with Gasteiger partial charge in [0, 0.05) is 17.8 Å². The monoisotopic (exact) mass is 203 g/mol. The van der Waals surface area contributed by atoms with E-state index in [1.807, 2.05) is 30.3 Å². The van der Waals surface area contributed by atoms with E-state index in [1.165, 1.54) is 0 Å². The highest BCUT2D eigenvalue weighted by Crippen LogP contribution is 2.22. The molecule has 1 amide bonds. The van der Waals surface area contributed by atoms with Gasteiger partial charge in [0.1, 0.15) is 0 Å². The van der Waals surface area contributed by atoms with Gasteiger partial charge in [-0.3, -0.25) is 4.79 Å². The number of hydrogen-bond donors (Lipinski definition) is 1. The first-order chi connectivity index (χ1) is 7.20. The SMILES string of the molecule is C=C1C(=O)N(c2ccccc2)CC[C@@H]1O. The predicted octanol–water partition coefficient (Wildman–Crippen LogP) is 1.34. The zero-order valence-electron chi connectivity index (χ0n) is 8.39. The first-order valence-electron chi connectivity index (χ1n) is 4.94. The first kappa shape index (κ1) is 9.93. The highest BCUT2D eigenvalue weighted by Gasteiger charge is 2.28. The van der Waals surface area contributed by atoms with E-state index in [0.717, 1.165) is 5.69 Å². The minimum Gasteiger partial charge on any atom is -0.388 e. The number of amides is 1. The summed E-state index contributed by atoms with van der Waals surface area (Å²) >= 11 is 0. The number of benzene rings is 1. The van der Waals surface area contributed by atoms with Gasteiger partial charge in [-0.2, -0.15) is 0 Å². The zero-order chi connectivity index (χ0) is 10.8. The van der Waals surface area contributed by atoms with Gasteiger partial charge in [0.25, 0.3) is 5.91 Å². The summed E-state index contributed by atoms with van der Waals surface area (Å²) in [6.07, 6.45) is -0.128. The molecule has 2 rings (SSSR count). The van der Waals surface area contributed by atoms with Crippen LogP contribution in [0.3, 0.4) is 0 Å². The smallest absolute Gasteiger partial charge is 0.256 e. The van der Waals surface area contributed by atoms with E-state index in [2.05, 4.69) is 6.58 Å². The second-order valence-corrected chi connectivity index (χ2v) is 3.62. The number of aliphatic hydroxyl groups is 1. The van der Waals surface area contributed by atoms with Gasteiger partial charge in [0.2, 0.25) is 0 Å².